The van der Waals surface area contributed by atoms with Crippen LogP contribution in [0.1, 0.15) is 161 Å². The first-order chi connectivity index (χ1) is 41.6. The zero-order valence-corrected chi connectivity index (χ0v) is 56.3. The molecule has 0 aromatic carbocycles. The number of rotatable bonds is 63. The Morgan fingerprint density at radius 3 is 0.690 bits per heavy atom. The van der Waals surface area contributed by atoms with Crippen molar-refractivity contribution in [3.63, 3.8) is 0 Å². The summed E-state index contributed by atoms with van der Waals surface area (Å²) in [5.41, 5.74) is -2.61. The van der Waals surface area contributed by atoms with Crippen molar-refractivity contribution in [2.24, 2.45) is 22.2 Å². The van der Waals surface area contributed by atoms with Crippen molar-refractivity contribution in [2.45, 2.75) is 228 Å². The second-order valence-corrected chi connectivity index (χ2v) is 24.2. The third-order valence-corrected chi connectivity index (χ3v) is 15.0. The van der Waals surface area contributed by atoms with E-state index in [0.717, 1.165) is 6.42 Å². The molecule has 13 atom stereocenters. The zero-order chi connectivity index (χ0) is 65.4. The maximum atomic E-state index is 13.5. The SMILES string of the molecule is CCC(C)COCC(COCC(C)O)(COCC(O)CC)COCC(CC)OC(CC)COCC(COCC(O)CC)(COCC(O)CC)COCC(CC)OC(=O)OC(CC)COCC(COCC(O)CC)(COCC(O)CC)COCC(O)CC. The molecule has 0 amide bonds. The van der Waals surface area contributed by atoms with Crippen LogP contribution in [0.15, 0.2) is 0 Å². The quantitative estimate of drug-likeness (QED) is 0.0321. The Hall–Kier alpha value is -1.53. The van der Waals surface area contributed by atoms with Crippen LogP contribution in [0, 0.1) is 22.2 Å². The highest BCUT2D eigenvalue weighted by atomic mass is 16.7. The molecule has 522 valence electrons. The first-order valence-corrected chi connectivity index (χ1v) is 32.9. The summed E-state index contributed by atoms with van der Waals surface area (Å²) in [5, 5.41) is 72.0. The van der Waals surface area contributed by atoms with E-state index < -0.39 is 77.3 Å². The highest BCUT2D eigenvalue weighted by Crippen LogP contribution is 2.26. The Kier molecular flexibility index (Phi) is 52.0. The molecule has 0 saturated carbocycles. The monoisotopic (exact) mass is 1260 g/mol. The molecule has 87 heavy (non-hydrogen) atoms. The number of ether oxygens (including phenoxy) is 15. The molecule has 0 fully saturated rings. The minimum Gasteiger partial charge on any atom is -0.429 e. The Morgan fingerprint density at radius 2 is 0.483 bits per heavy atom. The van der Waals surface area contributed by atoms with Crippen molar-refractivity contribution < 1.29 is 112 Å². The molecule has 13 unspecified atom stereocenters. The molecule has 0 saturated heterocycles. The Morgan fingerprint density at radius 1 is 0.276 bits per heavy atom. The van der Waals surface area contributed by atoms with Gasteiger partial charge in [0.05, 0.1) is 223 Å². The van der Waals surface area contributed by atoms with E-state index in [1.807, 2.05) is 69.2 Å². The van der Waals surface area contributed by atoms with Crippen LogP contribution in [0.2, 0.25) is 0 Å². The Labute approximate surface area is 524 Å². The lowest BCUT2D eigenvalue weighted by molar-refractivity contribution is -0.150. The number of hydrogen-bond acceptors (Lipinski definition) is 23. The highest BCUT2D eigenvalue weighted by molar-refractivity contribution is 5.60. The van der Waals surface area contributed by atoms with Crippen LogP contribution in [0.25, 0.3) is 0 Å². The first kappa shape index (κ1) is 85.5. The molecule has 0 heterocycles. The summed E-state index contributed by atoms with van der Waals surface area (Å²) in [6, 6.07) is 0. The van der Waals surface area contributed by atoms with E-state index in [2.05, 4.69) is 13.8 Å². The fraction of sp³-hybridized carbons (Fsp3) is 0.984. The molecule has 0 aromatic rings. The summed E-state index contributed by atoms with van der Waals surface area (Å²) >= 11 is 0. The lowest BCUT2D eigenvalue weighted by Crippen LogP contribution is -2.44. The zero-order valence-electron chi connectivity index (χ0n) is 56.3. The molecule has 0 aliphatic carbocycles. The fourth-order valence-corrected chi connectivity index (χ4v) is 8.14. The van der Waals surface area contributed by atoms with E-state index >= 15 is 0 Å². The molecule has 0 rings (SSSR count). The molecule has 0 aliphatic heterocycles. The topological polar surface area (TPSA) is 297 Å². The second kappa shape index (κ2) is 52.9. The minimum absolute atomic E-state index is 0.00836. The second-order valence-electron chi connectivity index (χ2n) is 24.2. The standard InChI is InChI=1S/C64H128O23/c1-14-49(12)25-73-37-62(38-74-26-50(13)65,39-75-27-51(66)15-2)45-81-33-57(21-8)85-58(22-9)34-82-47-64(43-79-31-55(70)19-6,44-80-32-56(71)20-7)48-84-36-60(24-11)87-61(72)86-59(23-10)35-83-46-63(40-76-28-52(67)16-3,41-77-29-53(68)17-4)42-78-30-54(69)18-5/h49-60,65-71H,14-48H2,1-13H3. The van der Waals surface area contributed by atoms with E-state index in [1.165, 1.54) is 0 Å². The van der Waals surface area contributed by atoms with Gasteiger partial charge >= 0.3 is 6.16 Å². The fourth-order valence-electron chi connectivity index (χ4n) is 8.14. The van der Waals surface area contributed by atoms with Crippen molar-refractivity contribution in [3.8, 4) is 0 Å². The normalized spacial score (nSPS) is 18.5. The molecule has 0 spiro atoms. The highest BCUT2D eigenvalue weighted by Gasteiger charge is 2.37. The third kappa shape index (κ3) is 42.4. The maximum Gasteiger partial charge on any atom is 0.508 e. The van der Waals surface area contributed by atoms with Gasteiger partial charge in [0.25, 0.3) is 0 Å². The predicted octanol–water partition coefficient (Wildman–Crippen LogP) is 6.48. The summed E-state index contributed by atoms with van der Waals surface area (Å²) in [7, 11) is 0. The average Bonchev–Trinajstić information content (AvgIpc) is 3.53. The van der Waals surface area contributed by atoms with E-state index in [9.17, 15) is 40.5 Å². The summed E-state index contributed by atoms with van der Waals surface area (Å²) in [6.45, 7) is 27.8. The van der Waals surface area contributed by atoms with E-state index in [-0.39, 0.29) is 164 Å². The number of carbonyl (C=O) groups is 1. The largest absolute Gasteiger partial charge is 0.508 e. The van der Waals surface area contributed by atoms with Gasteiger partial charge in [0, 0.05) is 6.61 Å². The van der Waals surface area contributed by atoms with Gasteiger partial charge < -0.3 is 107 Å². The van der Waals surface area contributed by atoms with Gasteiger partial charge in [0.2, 0.25) is 0 Å². The molecule has 23 nitrogen and oxygen atoms in total. The van der Waals surface area contributed by atoms with Crippen LogP contribution in [0.4, 0.5) is 4.79 Å². The van der Waals surface area contributed by atoms with E-state index in [1.54, 1.807) is 6.92 Å². The summed E-state index contributed by atoms with van der Waals surface area (Å²) in [5.74, 6) is 0.344. The van der Waals surface area contributed by atoms with Gasteiger partial charge in [-0.25, -0.2) is 4.79 Å². The van der Waals surface area contributed by atoms with Gasteiger partial charge in [-0.2, -0.15) is 0 Å². The first-order valence-electron chi connectivity index (χ1n) is 32.9. The van der Waals surface area contributed by atoms with Gasteiger partial charge in [-0.15, -0.1) is 0 Å². The number of aliphatic hydroxyl groups excluding tert-OH is 7. The van der Waals surface area contributed by atoms with Crippen LogP contribution in [0.3, 0.4) is 0 Å². The summed E-state index contributed by atoms with van der Waals surface area (Å²) in [4.78, 5) is 13.5. The average molecular weight is 1270 g/mol. The summed E-state index contributed by atoms with van der Waals surface area (Å²) in [6.07, 6.45) is -1.73. The molecule has 0 aromatic heterocycles. The van der Waals surface area contributed by atoms with Crippen LogP contribution >= 0.6 is 0 Å². The van der Waals surface area contributed by atoms with Crippen LogP contribution in [0.5, 0.6) is 0 Å². The van der Waals surface area contributed by atoms with Crippen LogP contribution in [-0.4, -0.2) is 268 Å². The smallest absolute Gasteiger partial charge is 0.429 e. The molecule has 0 radical (unpaired) electrons. The van der Waals surface area contributed by atoms with Crippen LogP contribution < -0.4 is 0 Å². The van der Waals surface area contributed by atoms with Crippen molar-refractivity contribution in [1.82, 2.24) is 0 Å². The number of aliphatic hydroxyl groups is 7. The minimum atomic E-state index is -0.959. The van der Waals surface area contributed by atoms with Crippen molar-refractivity contribution >= 4 is 6.16 Å². The van der Waals surface area contributed by atoms with E-state index in [4.69, 9.17) is 71.1 Å². The third-order valence-electron chi connectivity index (χ3n) is 15.0. The lowest BCUT2D eigenvalue weighted by Gasteiger charge is -2.35. The molecule has 7 N–H and O–H groups in total. The van der Waals surface area contributed by atoms with Gasteiger partial charge in [0.15, 0.2) is 0 Å². The van der Waals surface area contributed by atoms with E-state index in [0.29, 0.717) is 76.7 Å². The van der Waals surface area contributed by atoms with Gasteiger partial charge in [-0.3, -0.25) is 0 Å². The number of hydrogen-bond donors (Lipinski definition) is 7. The van der Waals surface area contributed by atoms with Crippen molar-refractivity contribution in [2.75, 3.05) is 159 Å². The Balaban J connectivity index is 6.33. The lowest BCUT2D eigenvalue weighted by atomic mass is 9.92. The van der Waals surface area contributed by atoms with Gasteiger partial charge in [-0.1, -0.05) is 89.5 Å². The van der Waals surface area contributed by atoms with Gasteiger partial charge in [0.1, 0.15) is 12.2 Å². The van der Waals surface area contributed by atoms with Crippen molar-refractivity contribution in [3.05, 3.63) is 0 Å². The Bertz CT molecular complexity index is 1480. The molecule has 0 bridgehead atoms. The van der Waals surface area contributed by atoms with Crippen molar-refractivity contribution in [1.29, 1.82) is 0 Å². The maximum absolute atomic E-state index is 13.5. The molecular formula is C64H128O23. The summed E-state index contributed by atoms with van der Waals surface area (Å²) < 4.78 is 92.1. The predicted molar refractivity (Wildman–Crippen MR) is 331 cm³/mol. The molecule has 0 aliphatic rings. The number of carbonyl (C=O) groups excluding carboxylic acids is 1. The molecule has 23 heteroatoms. The molecular weight excluding hydrogens is 1140 g/mol. The van der Waals surface area contributed by atoms with Crippen LogP contribution in [-0.2, 0) is 71.1 Å². The van der Waals surface area contributed by atoms with Gasteiger partial charge in [-0.05, 0) is 77.0 Å².